The molecule has 1 saturated carbocycles. The number of anilines is 2. The Bertz CT molecular complexity index is 724. The van der Waals surface area contributed by atoms with E-state index in [0.29, 0.717) is 11.7 Å². The van der Waals surface area contributed by atoms with Crippen molar-refractivity contribution in [2.75, 3.05) is 23.3 Å². The minimum Gasteiger partial charge on any atom is -0.354 e. The number of carbonyl (C=O) groups is 1. The number of aromatic nitrogens is 2. The van der Waals surface area contributed by atoms with E-state index >= 15 is 0 Å². The number of para-hydroxylation sites is 2. The SMILES string of the molecule is CC1CC1C(=O)Nc1nc2ccccc2nc1N1CCCC1. The van der Waals surface area contributed by atoms with E-state index in [1.54, 1.807) is 0 Å². The highest BCUT2D eigenvalue weighted by Gasteiger charge is 2.39. The molecule has 5 nitrogen and oxygen atoms in total. The van der Waals surface area contributed by atoms with Gasteiger partial charge in [-0.3, -0.25) is 4.79 Å². The van der Waals surface area contributed by atoms with Gasteiger partial charge in [0.05, 0.1) is 11.0 Å². The summed E-state index contributed by atoms with van der Waals surface area (Å²) in [6.07, 6.45) is 3.31. The minimum absolute atomic E-state index is 0.0810. The van der Waals surface area contributed by atoms with Crippen LogP contribution < -0.4 is 10.2 Å². The number of rotatable bonds is 3. The Balaban J connectivity index is 1.72. The first kappa shape index (κ1) is 13.5. The summed E-state index contributed by atoms with van der Waals surface area (Å²) in [6.45, 7) is 4.07. The first-order valence-corrected chi connectivity index (χ1v) is 8.05. The Morgan fingerprint density at radius 1 is 1.18 bits per heavy atom. The van der Waals surface area contributed by atoms with Crippen molar-refractivity contribution in [2.24, 2.45) is 11.8 Å². The first-order valence-electron chi connectivity index (χ1n) is 8.05. The number of amides is 1. The Hall–Kier alpha value is -2.17. The molecule has 22 heavy (non-hydrogen) atoms. The van der Waals surface area contributed by atoms with Gasteiger partial charge >= 0.3 is 0 Å². The molecule has 2 aliphatic rings. The van der Waals surface area contributed by atoms with E-state index in [4.69, 9.17) is 4.98 Å². The Morgan fingerprint density at radius 2 is 1.82 bits per heavy atom. The quantitative estimate of drug-likeness (QED) is 0.946. The van der Waals surface area contributed by atoms with Gasteiger partial charge in [-0.2, -0.15) is 0 Å². The van der Waals surface area contributed by atoms with E-state index in [2.05, 4.69) is 22.1 Å². The zero-order chi connectivity index (χ0) is 15.1. The monoisotopic (exact) mass is 296 g/mol. The molecule has 2 unspecified atom stereocenters. The number of fused-ring (bicyclic) bond motifs is 1. The smallest absolute Gasteiger partial charge is 0.229 e. The van der Waals surface area contributed by atoms with Crippen molar-refractivity contribution >= 4 is 28.6 Å². The average molecular weight is 296 g/mol. The summed E-state index contributed by atoms with van der Waals surface area (Å²) in [6, 6.07) is 7.82. The molecular weight excluding hydrogens is 276 g/mol. The fraction of sp³-hybridized carbons (Fsp3) is 0.471. The van der Waals surface area contributed by atoms with Gasteiger partial charge in [-0.05, 0) is 37.3 Å². The molecule has 1 aromatic carbocycles. The molecule has 1 saturated heterocycles. The van der Waals surface area contributed by atoms with E-state index < -0.39 is 0 Å². The number of benzene rings is 1. The maximum absolute atomic E-state index is 12.3. The van der Waals surface area contributed by atoms with Gasteiger partial charge in [-0.1, -0.05) is 19.1 Å². The molecule has 2 aromatic rings. The molecule has 2 fully saturated rings. The van der Waals surface area contributed by atoms with Crippen molar-refractivity contribution in [1.29, 1.82) is 0 Å². The number of nitrogens with zero attached hydrogens (tertiary/aromatic N) is 3. The topological polar surface area (TPSA) is 58.1 Å². The summed E-state index contributed by atoms with van der Waals surface area (Å²) in [5.74, 6) is 2.14. The molecule has 1 amide bonds. The molecule has 0 bridgehead atoms. The summed E-state index contributed by atoms with van der Waals surface area (Å²) >= 11 is 0. The van der Waals surface area contributed by atoms with E-state index in [0.717, 1.165) is 36.4 Å². The maximum atomic E-state index is 12.3. The Kier molecular flexibility index (Phi) is 3.21. The molecule has 1 aliphatic heterocycles. The van der Waals surface area contributed by atoms with Gasteiger partial charge in [-0.15, -0.1) is 0 Å². The molecule has 1 aliphatic carbocycles. The van der Waals surface area contributed by atoms with Crippen molar-refractivity contribution in [3.63, 3.8) is 0 Å². The zero-order valence-corrected chi connectivity index (χ0v) is 12.7. The summed E-state index contributed by atoms with van der Waals surface area (Å²) < 4.78 is 0. The largest absolute Gasteiger partial charge is 0.354 e. The molecule has 1 aromatic heterocycles. The van der Waals surface area contributed by atoms with E-state index in [-0.39, 0.29) is 11.8 Å². The van der Waals surface area contributed by atoms with Crippen LogP contribution in [0, 0.1) is 11.8 Å². The number of hydrogen-bond acceptors (Lipinski definition) is 4. The molecule has 0 radical (unpaired) electrons. The molecule has 4 rings (SSSR count). The van der Waals surface area contributed by atoms with Crippen LogP contribution in [0.3, 0.4) is 0 Å². The average Bonchev–Trinajstić information content (AvgIpc) is 3.03. The number of nitrogens with one attached hydrogen (secondary N) is 1. The van der Waals surface area contributed by atoms with Crippen molar-refractivity contribution < 1.29 is 4.79 Å². The van der Waals surface area contributed by atoms with Crippen LogP contribution in [0.25, 0.3) is 11.0 Å². The van der Waals surface area contributed by atoms with Gasteiger partial charge < -0.3 is 10.2 Å². The third kappa shape index (κ3) is 2.40. The molecule has 2 atom stereocenters. The second-order valence-electron chi connectivity index (χ2n) is 6.39. The predicted octanol–water partition coefficient (Wildman–Crippen LogP) is 2.82. The van der Waals surface area contributed by atoms with Crippen LogP contribution >= 0.6 is 0 Å². The van der Waals surface area contributed by atoms with Crippen LogP contribution in [-0.2, 0) is 4.79 Å². The van der Waals surface area contributed by atoms with Gasteiger partial charge in [-0.25, -0.2) is 9.97 Å². The van der Waals surface area contributed by atoms with Gasteiger partial charge in [0.2, 0.25) is 5.91 Å². The zero-order valence-electron chi connectivity index (χ0n) is 12.7. The standard InChI is InChI=1S/C17H20N4O/c1-11-10-12(11)17(22)20-15-16(21-8-4-5-9-21)19-14-7-3-2-6-13(14)18-15/h2-3,6-7,11-12H,4-5,8-10H2,1H3,(H,18,20,22). The van der Waals surface area contributed by atoms with Crippen molar-refractivity contribution in [3.8, 4) is 0 Å². The predicted molar refractivity (Wildman–Crippen MR) is 86.9 cm³/mol. The lowest BCUT2D eigenvalue weighted by molar-refractivity contribution is -0.117. The van der Waals surface area contributed by atoms with Gasteiger partial charge in [0, 0.05) is 19.0 Å². The Labute approximate surface area is 129 Å². The first-order chi connectivity index (χ1) is 10.7. The number of hydrogen-bond donors (Lipinski definition) is 1. The highest BCUT2D eigenvalue weighted by Crippen LogP contribution is 2.39. The lowest BCUT2D eigenvalue weighted by atomic mass is 10.3. The molecule has 5 heteroatoms. The third-order valence-corrected chi connectivity index (χ3v) is 4.65. The normalized spacial score (nSPS) is 23.8. The van der Waals surface area contributed by atoms with Gasteiger partial charge in [0.1, 0.15) is 0 Å². The van der Waals surface area contributed by atoms with Crippen LogP contribution in [0.4, 0.5) is 11.6 Å². The van der Waals surface area contributed by atoms with Crippen LogP contribution in [0.5, 0.6) is 0 Å². The van der Waals surface area contributed by atoms with E-state index in [1.807, 2.05) is 24.3 Å². The lowest BCUT2D eigenvalue weighted by Gasteiger charge is -2.20. The van der Waals surface area contributed by atoms with Crippen LogP contribution in [0.2, 0.25) is 0 Å². The number of carbonyl (C=O) groups excluding carboxylic acids is 1. The highest BCUT2D eigenvalue weighted by molar-refractivity contribution is 5.97. The summed E-state index contributed by atoms with van der Waals surface area (Å²) in [5, 5.41) is 3.02. The van der Waals surface area contributed by atoms with Crippen molar-refractivity contribution in [3.05, 3.63) is 24.3 Å². The lowest BCUT2D eigenvalue weighted by Crippen LogP contribution is -2.24. The second kappa shape index (κ2) is 5.23. The highest BCUT2D eigenvalue weighted by atomic mass is 16.2. The molecule has 1 N–H and O–H groups in total. The summed E-state index contributed by atoms with van der Waals surface area (Å²) in [4.78, 5) is 23.9. The van der Waals surface area contributed by atoms with E-state index in [9.17, 15) is 4.79 Å². The Morgan fingerprint density at radius 3 is 2.45 bits per heavy atom. The maximum Gasteiger partial charge on any atom is 0.229 e. The molecule has 2 heterocycles. The van der Waals surface area contributed by atoms with Crippen LogP contribution in [-0.4, -0.2) is 29.0 Å². The van der Waals surface area contributed by atoms with Gasteiger partial charge in [0.15, 0.2) is 11.6 Å². The van der Waals surface area contributed by atoms with E-state index in [1.165, 1.54) is 12.8 Å². The van der Waals surface area contributed by atoms with Crippen molar-refractivity contribution in [1.82, 2.24) is 9.97 Å². The summed E-state index contributed by atoms with van der Waals surface area (Å²) in [5.41, 5.74) is 1.70. The minimum atomic E-state index is 0.0810. The van der Waals surface area contributed by atoms with Crippen molar-refractivity contribution in [2.45, 2.75) is 26.2 Å². The van der Waals surface area contributed by atoms with Crippen LogP contribution in [0.1, 0.15) is 26.2 Å². The van der Waals surface area contributed by atoms with Crippen LogP contribution in [0.15, 0.2) is 24.3 Å². The van der Waals surface area contributed by atoms with Gasteiger partial charge in [0.25, 0.3) is 0 Å². The molecule has 114 valence electrons. The second-order valence-corrected chi connectivity index (χ2v) is 6.39. The molecule has 0 spiro atoms. The third-order valence-electron chi connectivity index (χ3n) is 4.65. The fourth-order valence-corrected chi connectivity index (χ4v) is 3.12. The summed E-state index contributed by atoms with van der Waals surface area (Å²) in [7, 11) is 0. The molecular formula is C17H20N4O. The fourth-order valence-electron chi connectivity index (χ4n) is 3.12.